The van der Waals surface area contributed by atoms with Crippen LogP contribution in [-0.2, 0) is 8.85 Å². The summed E-state index contributed by atoms with van der Waals surface area (Å²) < 4.78 is 11.7. The van der Waals surface area contributed by atoms with Crippen molar-refractivity contribution in [1.82, 2.24) is 0 Å². The van der Waals surface area contributed by atoms with Crippen molar-refractivity contribution < 1.29 is 8.85 Å². The topological polar surface area (TPSA) is 18.5 Å². The summed E-state index contributed by atoms with van der Waals surface area (Å²) in [5, 5.41) is 0. The highest BCUT2D eigenvalue weighted by atomic mass is 28.3. The average Bonchev–Trinajstić information content (AvgIpc) is 2.76. The fourth-order valence-corrected chi connectivity index (χ4v) is 4.19. The Morgan fingerprint density at radius 3 is 2.16 bits per heavy atom. The SMILES string of the molecule is C=C(O[Si](=C)OCC1CCCC1)C1CCCCCC1. The van der Waals surface area contributed by atoms with E-state index in [2.05, 4.69) is 12.8 Å². The van der Waals surface area contributed by atoms with E-state index in [0.29, 0.717) is 5.92 Å². The monoisotopic (exact) mass is 280 g/mol. The Balaban J connectivity index is 1.66. The standard InChI is InChI=1S/C16H28O2Si/c1-14(16-11-5-3-4-6-12-16)18-19(2)17-13-15-9-7-8-10-15/h15-16H,1-13H2. The lowest BCUT2D eigenvalue weighted by Gasteiger charge is -2.20. The zero-order chi connectivity index (χ0) is 13.5. The maximum atomic E-state index is 5.88. The van der Waals surface area contributed by atoms with Gasteiger partial charge in [0.05, 0.1) is 12.4 Å². The van der Waals surface area contributed by atoms with Crippen molar-refractivity contribution in [1.29, 1.82) is 0 Å². The first-order valence-electron chi connectivity index (χ1n) is 7.94. The lowest BCUT2D eigenvalue weighted by molar-refractivity contribution is 0.200. The van der Waals surface area contributed by atoms with E-state index in [1.165, 1.54) is 64.2 Å². The van der Waals surface area contributed by atoms with Crippen LogP contribution in [0.15, 0.2) is 12.3 Å². The summed E-state index contributed by atoms with van der Waals surface area (Å²) in [6.45, 7) is 4.97. The van der Waals surface area contributed by atoms with Gasteiger partial charge in [0, 0.05) is 5.92 Å². The van der Waals surface area contributed by atoms with Gasteiger partial charge in [0.25, 0.3) is 0 Å². The van der Waals surface area contributed by atoms with Gasteiger partial charge in [-0.1, -0.05) is 45.1 Å². The van der Waals surface area contributed by atoms with E-state index in [1.54, 1.807) is 0 Å². The van der Waals surface area contributed by atoms with Crippen LogP contribution < -0.4 is 0 Å². The minimum absolute atomic E-state index is 0.541. The van der Waals surface area contributed by atoms with Gasteiger partial charge >= 0.3 is 8.90 Å². The molecule has 2 nitrogen and oxygen atoms in total. The smallest absolute Gasteiger partial charge is 0.477 e. The molecule has 0 spiro atoms. The molecule has 3 heteroatoms. The van der Waals surface area contributed by atoms with E-state index in [0.717, 1.165) is 18.3 Å². The van der Waals surface area contributed by atoms with Gasteiger partial charge in [0.2, 0.25) is 0 Å². The van der Waals surface area contributed by atoms with Crippen molar-refractivity contribution in [3.8, 4) is 0 Å². The van der Waals surface area contributed by atoms with E-state index in [1.807, 2.05) is 0 Å². The van der Waals surface area contributed by atoms with Crippen LogP contribution in [0.3, 0.4) is 0 Å². The van der Waals surface area contributed by atoms with Gasteiger partial charge < -0.3 is 8.85 Å². The van der Waals surface area contributed by atoms with Gasteiger partial charge in [0.15, 0.2) is 0 Å². The van der Waals surface area contributed by atoms with Crippen molar-refractivity contribution in [3.63, 3.8) is 0 Å². The highest BCUT2D eigenvalue weighted by molar-refractivity contribution is 6.49. The molecule has 0 atom stereocenters. The van der Waals surface area contributed by atoms with Crippen LogP contribution in [0.2, 0.25) is 0 Å². The van der Waals surface area contributed by atoms with Gasteiger partial charge in [0.1, 0.15) is 0 Å². The maximum Gasteiger partial charge on any atom is 0.477 e. The molecule has 2 aliphatic carbocycles. The highest BCUT2D eigenvalue weighted by Gasteiger charge is 2.19. The molecular weight excluding hydrogens is 252 g/mol. The second kappa shape index (κ2) is 7.88. The fraction of sp³-hybridized carbons (Fsp3) is 0.812. The number of hydrogen-bond acceptors (Lipinski definition) is 2. The van der Waals surface area contributed by atoms with Gasteiger partial charge in [-0.15, -0.1) is 0 Å². The molecule has 0 bridgehead atoms. The molecule has 0 heterocycles. The molecule has 2 aliphatic rings. The van der Waals surface area contributed by atoms with Crippen LogP contribution >= 0.6 is 0 Å². The summed E-state index contributed by atoms with van der Waals surface area (Å²) in [6, 6.07) is 0. The molecule has 0 N–H and O–H groups in total. The third-order valence-electron chi connectivity index (χ3n) is 4.51. The first kappa shape index (κ1) is 14.8. The quantitative estimate of drug-likeness (QED) is 0.412. The molecule has 108 valence electrons. The van der Waals surface area contributed by atoms with E-state index in [9.17, 15) is 0 Å². The summed E-state index contributed by atoms with van der Waals surface area (Å²) >= 11 is 0. The van der Waals surface area contributed by atoms with Crippen LogP contribution in [0.25, 0.3) is 0 Å². The Kier molecular flexibility index (Phi) is 6.15. The number of rotatable bonds is 6. The lowest BCUT2D eigenvalue weighted by atomic mass is 9.99. The molecule has 0 amide bonds. The molecule has 19 heavy (non-hydrogen) atoms. The van der Waals surface area contributed by atoms with E-state index in [-0.39, 0.29) is 0 Å². The molecule has 0 aromatic rings. The summed E-state index contributed by atoms with van der Waals surface area (Å²) in [5.74, 6) is 2.23. The van der Waals surface area contributed by atoms with E-state index in [4.69, 9.17) is 8.85 Å². The summed E-state index contributed by atoms with van der Waals surface area (Å²) in [6.07, 6.45) is 17.2. The molecule has 2 rings (SSSR count). The number of hydrogen-bond donors (Lipinski definition) is 0. The molecule has 0 aliphatic heterocycles. The van der Waals surface area contributed by atoms with Crippen LogP contribution in [0.1, 0.15) is 64.2 Å². The Hall–Kier alpha value is -0.573. The largest absolute Gasteiger partial charge is 0.523 e. The van der Waals surface area contributed by atoms with Crippen LogP contribution in [0.4, 0.5) is 0 Å². The molecule has 0 aromatic carbocycles. The predicted octanol–water partition coefficient (Wildman–Crippen LogP) is 4.20. The van der Waals surface area contributed by atoms with Crippen molar-refractivity contribution in [3.05, 3.63) is 12.3 Å². The fourth-order valence-electron chi connectivity index (χ4n) is 3.25. The van der Waals surface area contributed by atoms with Gasteiger partial charge in [-0.05, 0) is 37.8 Å². The first-order chi connectivity index (χ1) is 9.25. The molecule has 0 aromatic heterocycles. The normalized spacial score (nSPS) is 21.9. The van der Waals surface area contributed by atoms with Crippen molar-refractivity contribution in [2.45, 2.75) is 64.2 Å². The molecular formula is C16H28O2Si. The van der Waals surface area contributed by atoms with Crippen LogP contribution in [-0.4, -0.2) is 21.7 Å². The molecule has 0 radical (unpaired) electrons. The zero-order valence-electron chi connectivity index (χ0n) is 12.2. The first-order valence-corrected chi connectivity index (χ1v) is 9.46. The van der Waals surface area contributed by atoms with E-state index >= 15 is 0 Å². The van der Waals surface area contributed by atoms with Gasteiger partial charge in [-0.3, -0.25) is 0 Å². The molecule has 0 saturated heterocycles. The summed E-state index contributed by atoms with van der Waals surface area (Å²) in [4.78, 5) is 0. The van der Waals surface area contributed by atoms with Gasteiger partial charge in [-0.2, -0.15) is 0 Å². The third kappa shape index (κ3) is 5.13. The second-order valence-corrected chi connectivity index (χ2v) is 7.33. The molecule has 2 fully saturated rings. The Labute approximate surface area is 119 Å². The Bertz CT molecular complexity index is 300. The van der Waals surface area contributed by atoms with Crippen LogP contribution in [0, 0.1) is 11.8 Å². The van der Waals surface area contributed by atoms with Gasteiger partial charge in [-0.25, -0.2) is 0 Å². The zero-order valence-corrected chi connectivity index (χ0v) is 13.2. The van der Waals surface area contributed by atoms with Crippen LogP contribution in [0.5, 0.6) is 0 Å². The van der Waals surface area contributed by atoms with Crippen molar-refractivity contribution in [2.75, 3.05) is 6.61 Å². The second-order valence-electron chi connectivity index (χ2n) is 6.09. The number of allylic oxidation sites excluding steroid dienone is 1. The Morgan fingerprint density at radius 2 is 1.53 bits per heavy atom. The minimum atomic E-state index is -1.39. The molecule has 0 unspecified atom stereocenters. The summed E-state index contributed by atoms with van der Waals surface area (Å²) in [5.41, 5.74) is 0. The maximum absolute atomic E-state index is 5.88. The third-order valence-corrected chi connectivity index (χ3v) is 5.49. The Morgan fingerprint density at radius 1 is 0.947 bits per heavy atom. The minimum Gasteiger partial charge on any atom is -0.523 e. The summed E-state index contributed by atoms with van der Waals surface area (Å²) in [7, 11) is -1.39. The molecule has 2 saturated carbocycles. The predicted molar refractivity (Wildman–Crippen MR) is 82.2 cm³/mol. The van der Waals surface area contributed by atoms with Crippen molar-refractivity contribution in [2.24, 2.45) is 11.8 Å². The average molecular weight is 280 g/mol. The lowest BCUT2D eigenvalue weighted by Crippen LogP contribution is -2.19. The highest BCUT2D eigenvalue weighted by Crippen LogP contribution is 2.28. The van der Waals surface area contributed by atoms with Crippen molar-refractivity contribution >= 4 is 15.1 Å². The van der Waals surface area contributed by atoms with E-state index < -0.39 is 8.90 Å².